The van der Waals surface area contributed by atoms with Crippen molar-refractivity contribution in [1.82, 2.24) is 20.1 Å². The van der Waals surface area contributed by atoms with E-state index in [1.807, 2.05) is 18.7 Å². The van der Waals surface area contributed by atoms with E-state index in [0.717, 1.165) is 6.42 Å². The topological polar surface area (TPSA) is 83.4 Å². The molecular weight excluding hydrogens is 332 g/mol. The maximum Gasteiger partial charge on any atom is 0.251 e. The first kappa shape index (κ1) is 19.7. The molecular formula is C19H26N4O3. The Bertz CT molecular complexity index is 775. The first-order valence-corrected chi connectivity index (χ1v) is 8.91. The normalized spacial score (nSPS) is 19.5. The van der Waals surface area contributed by atoms with Gasteiger partial charge in [-0.3, -0.25) is 19.3 Å². The molecule has 1 aromatic rings. The van der Waals surface area contributed by atoms with Gasteiger partial charge in [-0.15, -0.1) is 5.92 Å². The van der Waals surface area contributed by atoms with Crippen LogP contribution >= 0.6 is 0 Å². The molecule has 0 aromatic carbocycles. The monoisotopic (exact) mass is 358 g/mol. The minimum absolute atomic E-state index is 0.0453. The van der Waals surface area contributed by atoms with Crippen molar-refractivity contribution in [3.05, 3.63) is 34.2 Å². The van der Waals surface area contributed by atoms with Crippen LogP contribution in [0, 0.1) is 11.8 Å². The molecule has 2 atom stereocenters. The molecule has 0 radical (unpaired) electrons. The van der Waals surface area contributed by atoms with Gasteiger partial charge in [0.05, 0.1) is 12.6 Å². The van der Waals surface area contributed by atoms with Crippen LogP contribution in [-0.2, 0) is 11.8 Å². The van der Waals surface area contributed by atoms with E-state index in [-0.39, 0.29) is 29.5 Å². The molecule has 1 aliphatic rings. The van der Waals surface area contributed by atoms with Gasteiger partial charge in [0.1, 0.15) is 0 Å². The highest BCUT2D eigenvalue weighted by molar-refractivity contribution is 5.94. The van der Waals surface area contributed by atoms with E-state index in [4.69, 9.17) is 0 Å². The number of hydrogen-bond acceptors (Lipinski definition) is 4. The number of aromatic nitrogens is 1. The lowest BCUT2D eigenvalue weighted by Gasteiger charge is -2.20. The Morgan fingerprint density at radius 3 is 2.73 bits per heavy atom. The Kier molecular flexibility index (Phi) is 6.98. The van der Waals surface area contributed by atoms with Crippen molar-refractivity contribution in [2.75, 3.05) is 19.6 Å². The van der Waals surface area contributed by atoms with Crippen LogP contribution in [0.1, 0.15) is 37.0 Å². The van der Waals surface area contributed by atoms with Crippen LogP contribution in [0.4, 0.5) is 0 Å². The summed E-state index contributed by atoms with van der Waals surface area (Å²) in [5.74, 6) is 5.73. The van der Waals surface area contributed by atoms with Crippen LogP contribution in [-0.4, -0.2) is 53.0 Å². The van der Waals surface area contributed by atoms with Crippen molar-refractivity contribution >= 4 is 11.8 Å². The average Bonchev–Trinajstić information content (AvgIpc) is 3.00. The van der Waals surface area contributed by atoms with E-state index >= 15 is 0 Å². The molecule has 2 N–H and O–H groups in total. The number of amides is 2. The Morgan fingerprint density at radius 1 is 1.31 bits per heavy atom. The van der Waals surface area contributed by atoms with E-state index in [1.165, 1.54) is 10.6 Å². The van der Waals surface area contributed by atoms with Crippen LogP contribution < -0.4 is 16.2 Å². The van der Waals surface area contributed by atoms with Gasteiger partial charge < -0.3 is 15.2 Å². The summed E-state index contributed by atoms with van der Waals surface area (Å²) in [5, 5.41) is 5.77. The number of nitrogens with one attached hydrogen (secondary N) is 2. The zero-order valence-corrected chi connectivity index (χ0v) is 15.5. The van der Waals surface area contributed by atoms with Crippen LogP contribution in [0.25, 0.3) is 0 Å². The van der Waals surface area contributed by atoms with Crippen molar-refractivity contribution in [3.63, 3.8) is 0 Å². The molecule has 1 saturated heterocycles. The minimum Gasteiger partial charge on any atom is -0.355 e. The van der Waals surface area contributed by atoms with E-state index in [9.17, 15) is 14.4 Å². The number of carbonyl (C=O) groups excluding carboxylic acids is 2. The predicted octanol–water partition coefficient (Wildman–Crippen LogP) is 0.108. The number of hydrogen-bond donors (Lipinski definition) is 2. The van der Waals surface area contributed by atoms with Gasteiger partial charge in [0, 0.05) is 50.4 Å². The van der Waals surface area contributed by atoms with E-state index in [0.29, 0.717) is 31.6 Å². The molecule has 2 amide bonds. The number of likely N-dealkylation sites (tertiary alicyclic amines) is 1. The van der Waals surface area contributed by atoms with Gasteiger partial charge in [-0.1, -0.05) is 12.8 Å². The minimum atomic E-state index is -0.310. The van der Waals surface area contributed by atoms with Crippen molar-refractivity contribution in [3.8, 4) is 11.8 Å². The zero-order valence-electron chi connectivity index (χ0n) is 15.5. The molecule has 140 valence electrons. The van der Waals surface area contributed by atoms with Gasteiger partial charge in [0.25, 0.3) is 11.5 Å². The fourth-order valence-electron chi connectivity index (χ4n) is 2.99. The Morgan fingerprint density at radius 2 is 2.08 bits per heavy atom. The van der Waals surface area contributed by atoms with Crippen molar-refractivity contribution in [2.24, 2.45) is 7.05 Å². The number of nitrogens with zero attached hydrogens (tertiary/aromatic N) is 2. The highest BCUT2D eigenvalue weighted by Gasteiger charge is 2.36. The Hall–Kier alpha value is -2.59. The molecule has 0 spiro atoms. The maximum atomic E-state index is 12.4. The zero-order chi connectivity index (χ0) is 19.1. The lowest BCUT2D eigenvalue weighted by Crippen LogP contribution is -2.43. The molecule has 2 heterocycles. The van der Waals surface area contributed by atoms with Crippen LogP contribution in [0.5, 0.6) is 0 Å². The summed E-state index contributed by atoms with van der Waals surface area (Å²) in [6, 6.07) is 2.45. The highest BCUT2D eigenvalue weighted by Crippen LogP contribution is 2.18. The summed E-state index contributed by atoms with van der Waals surface area (Å²) < 4.78 is 1.41. The van der Waals surface area contributed by atoms with Crippen LogP contribution in [0.15, 0.2) is 23.1 Å². The Labute approximate surface area is 153 Å². The summed E-state index contributed by atoms with van der Waals surface area (Å²) in [5.41, 5.74) is 0.0904. The predicted molar refractivity (Wildman–Crippen MR) is 99.7 cm³/mol. The van der Waals surface area contributed by atoms with Gasteiger partial charge in [0.15, 0.2) is 0 Å². The quantitative estimate of drug-likeness (QED) is 0.732. The number of rotatable bonds is 5. The third kappa shape index (κ3) is 4.96. The van der Waals surface area contributed by atoms with E-state index in [2.05, 4.69) is 22.5 Å². The molecule has 1 fully saturated rings. The second kappa shape index (κ2) is 9.20. The van der Waals surface area contributed by atoms with Gasteiger partial charge in [-0.2, -0.15) is 0 Å². The first-order chi connectivity index (χ1) is 12.5. The molecule has 0 saturated carbocycles. The lowest BCUT2D eigenvalue weighted by atomic mass is 10.1. The third-order valence-electron chi connectivity index (χ3n) is 4.34. The van der Waals surface area contributed by atoms with Gasteiger partial charge in [0.2, 0.25) is 5.91 Å². The summed E-state index contributed by atoms with van der Waals surface area (Å²) in [6.45, 7) is 5.47. The number of pyridine rings is 1. The highest BCUT2D eigenvalue weighted by atomic mass is 16.2. The summed E-state index contributed by atoms with van der Waals surface area (Å²) in [7, 11) is 1.63. The molecule has 0 unspecified atom stereocenters. The van der Waals surface area contributed by atoms with Crippen molar-refractivity contribution < 1.29 is 9.59 Å². The van der Waals surface area contributed by atoms with Gasteiger partial charge in [-0.25, -0.2) is 0 Å². The molecule has 1 aromatic heterocycles. The molecule has 7 nitrogen and oxygen atoms in total. The van der Waals surface area contributed by atoms with Gasteiger partial charge >= 0.3 is 0 Å². The molecule has 1 aliphatic heterocycles. The van der Waals surface area contributed by atoms with Crippen LogP contribution in [0.3, 0.4) is 0 Å². The second-order valence-electron chi connectivity index (χ2n) is 6.32. The Balaban J connectivity index is 2.06. The maximum absolute atomic E-state index is 12.4. The number of likely N-dealkylation sites (N-methyl/N-ethyl adjacent to an activating group) is 1. The SMILES string of the molecule is CCC#CCN1C[C@@H](NC(=O)c2ccn(C)c(=O)c2)C[C@H]1C(=O)NCC. The van der Waals surface area contributed by atoms with Crippen molar-refractivity contribution in [1.29, 1.82) is 0 Å². The standard InChI is InChI=1S/C19H26N4O3/c1-4-6-7-9-23-13-15(12-16(23)19(26)20-5-2)21-18(25)14-8-10-22(3)17(24)11-14/h8,10-11,15-16H,4-5,9,12-13H2,1-3H3,(H,20,26)(H,21,25)/t15-,16-/m0/s1. The fourth-order valence-corrected chi connectivity index (χ4v) is 2.99. The third-order valence-corrected chi connectivity index (χ3v) is 4.34. The molecule has 0 bridgehead atoms. The molecule has 0 aliphatic carbocycles. The smallest absolute Gasteiger partial charge is 0.251 e. The summed E-state index contributed by atoms with van der Waals surface area (Å²) in [6.07, 6.45) is 2.86. The number of carbonyl (C=O) groups is 2. The summed E-state index contributed by atoms with van der Waals surface area (Å²) in [4.78, 5) is 38.4. The lowest BCUT2D eigenvalue weighted by molar-refractivity contribution is -0.125. The molecule has 2 rings (SSSR count). The molecule has 7 heteroatoms. The largest absolute Gasteiger partial charge is 0.355 e. The van der Waals surface area contributed by atoms with E-state index < -0.39 is 0 Å². The van der Waals surface area contributed by atoms with Gasteiger partial charge in [-0.05, 0) is 19.4 Å². The van der Waals surface area contributed by atoms with Crippen molar-refractivity contribution in [2.45, 2.75) is 38.8 Å². The number of aryl methyl sites for hydroxylation is 1. The summed E-state index contributed by atoms with van der Waals surface area (Å²) >= 11 is 0. The van der Waals surface area contributed by atoms with Crippen LogP contribution in [0.2, 0.25) is 0 Å². The van der Waals surface area contributed by atoms with E-state index in [1.54, 1.807) is 19.3 Å². The fraction of sp³-hybridized carbons (Fsp3) is 0.526. The molecule has 26 heavy (non-hydrogen) atoms. The first-order valence-electron chi connectivity index (χ1n) is 8.91. The average molecular weight is 358 g/mol. The second-order valence-corrected chi connectivity index (χ2v) is 6.32.